The van der Waals surface area contributed by atoms with E-state index in [2.05, 4.69) is 5.32 Å². The number of alkyl halides is 3. The van der Waals surface area contributed by atoms with E-state index in [1.165, 1.54) is 12.1 Å². The van der Waals surface area contributed by atoms with Crippen LogP contribution in [-0.4, -0.2) is 49.6 Å². The SMILES string of the molecule is CC(C)(CNC(=O)C1CCN(C(=O)c2ccc(C(F)(F)F)cc2)CC1)c1ccc2c(c1)OCCO2. The van der Waals surface area contributed by atoms with Gasteiger partial charge >= 0.3 is 6.18 Å². The van der Waals surface area contributed by atoms with Crippen LogP contribution in [0.15, 0.2) is 42.5 Å². The van der Waals surface area contributed by atoms with Gasteiger partial charge in [-0.05, 0) is 54.8 Å². The van der Waals surface area contributed by atoms with Crippen LogP contribution in [0.2, 0.25) is 0 Å². The number of likely N-dealkylation sites (tertiary alicyclic amines) is 1. The molecule has 1 saturated heterocycles. The molecule has 1 N–H and O–H groups in total. The van der Waals surface area contributed by atoms with Crippen molar-refractivity contribution in [1.29, 1.82) is 0 Å². The van der Waals surface area contributed by atoms with E-state index >= 15 is 0 Å². The summed E-state index contributed by atoms with van der Waals surface area (Å²) in [6.45, 7) is 6.32. The molecule has 4 rings (SSSR count). The Morgan fingerprint density at radius 2 is 1.54 bits per heavy atom. The molecule has 0 unspecified atom stereocenters. The third-order valence-corrected chi connectivity index (χ3v) is 6.64. The molecular weight excluding hydrogens is 461 g/mol. The lowest BCUT2D eigenvalue weighted by Crippen LogP contribution is -2.45. The molecule has 2 aliphatic heterocycles. The maximum atomic E-state index is 12.8. The molecule has 9 heteroatoms. The number of amides is 2. The maximum absolute atomic E-state index is 12.8. The van der Waals surface area contributed by atoms with E-state index in [4.69, 9.17) is 9.47 Å². The molecule has 0 saturated carbocycles. The predicted octanol–water partition coefficient (Wildman–Crippen LogP) is 4.42. The third kappa shape index (κ3) is 5.71. The van der Waals surface area contributed by atoms with Gasteiger partial charge in [0, 0.05) is 36.5 Å². The Morgan fingerprint density at radius 3 is 2.17 bits per heavy atom. The van der Waals surface area contributed by atoms with Crippen molar-refractivity contribution in [2.24, 2.45) is 5.92 Å². The maximum Gasteiger partial charge on any atom is 0.416 e. The summed E-state index contributed by atoms with van der Waals surface area (Å²) in [6.07, 6.45) is -3.44. The first kappa shape index (κ1) is 24.9. The summed E-state index contributed by atoms with van der Waals surface area (Å²) < 4.78 is 49.5. The van der Waals surface area contributed by atoms with Crippen LogP contribution in [0.1, 0.15) is 48.2 Å². The summed E-state index contributed by atoms with van der Waals surface area (Å²) >= 11 is 0. The lowest BCUT2D eigenvalue weighted by Gasteiger charge is -2.33. The average Bonchev–Trinajstić information content (AvgIpc) is 2.86. The number of carbonyl (C=O) groups excluding carboxylic acids is 2. The van der Waals surface area contributed by atoms with E-state index in [1.54, 1.807) is 4.90 Å². The first-order chi connectivity index (χ1) is 16.5. The van der Waals surface area contributed by atoms with Crippen molar-refractivity contribution in [3.8, 4) is 11.5 Å². The van der Waals surface area contributed by atoms with E-state index in [0.717, 1.165) is 23.4 Å². The lowest BCUT2D eigenvalue weighted by molar-refractivity contribution is -0.137. The highest BCUT2D eigenvalue weighted by Gasteiger charge is 2.32. The zero-order valence-electron chi connectivity index (χ0n) is 19.8. The van der Waals surface area contributed by atoms with Gasteiger partial charge in [-0.1, -0.05) is 19.9 Å². The lowest BCUT2D eigenvalue weighted by atomic mass is 9.84. The fraction of sp³-hybridized carbons (Fsp3) is 0.462. The van der Waals surface area contributed by atoms with Crippen LogP contribution in [-0.2, 0) is 16.4 Å². The quantitative estimate of drug-likeness (QED) is 0.674. The topological polar surface area (TPSA) is 67.9 Å². The second-order valence-electron chi connectivity index (χ2n) is 9.60. The Labute approximate surface area is 202 Å². The van der Waals surface area contributed by atoms with Gasteiger partial charge in [-0.3, -0.25) is 9.59 Å². The molecule has 0 aromatic heterocycles. The molecule has 2 aromatic carbocycles. The Hall–Kier alpha value is -3.23. The highest BCUT2D eigenvalue weighted by molar-refractivity contribution is 5.94. The fourth-order valence-corrected chi connectivity index (χ4v) is 4.35. The number of ether oxygens (including phenoxy) is 2. The van der Waals surface area contributed by atoms with E-state index in [1.807, 2.05) is 32.0 Å². The molecule has 2 aliphatic rings. The second kappa shape index (κ2) is 9.79. The highest BCUT2D eigenvalue weighted by Crippen LogP contribution is 2.35. The molecule has 35 heavy (non-hydrogen) atoms. The first-order valence-corrected chi connectivity index (χ1v) is 11.7. The van der Waals surface area contributed by atoms with Gasteiger partial charge in [-0.15, -0.1) is 0 Å². The molecule has 2 heterocycles. The molecule has 0 aliphatic carbocycles. The van der Waals surface area contributed by atoms with Crippen LogP contribution >= 0.6 is 0 Å². The summed E-state index contributed by atoms with van der Waals surface area (Å²) in [5.74, 6) is 0.827. The summed E-state index contributed by atoms with van der Waals surface area (Å²) in [5.41, 5.74) is 0.120. The summed E-state index contributed by atoms with van der Waals surface area (Å²) in [5, 5.41) is 3.05. The van der Waals surface area contributed by atoms with Crippen LogP contribution < -0.4 is 14.8 Å². The molecule has 188 valence electrons. The number of nitrogens with one attached hydrogen (secondary N) is 1. The van der Waals surface area contributed by atoms with E-state index in [-0.39, 0.29) is 28.7 Å². The number of halogens is 3. The summed E-state index contributed by atoms with van der Waals surface area (Å²) in [7, 11) is 0. The fourth-order valence-electron chi connectivity index (χ4n) is 4.35. The number of fused-ring (bicyclic) bond motifs is 1. The molecule has 0 atom stereocenters. The van der Waals surface area contributed by atoms with Crippen molar-refractivity contribution >= 4 is 11.8 Å². The zero-order chi connectivity index (χ0) is 25.2. The van der Waals surface area contributed by atoms with Gasteiger partial charge in [-0.2, -0.15) is 13.2 Å². The van der Waals surface area contributed by atoms with Gasteiger partial charge in [-0.25, -0.2) is 0 Å². The third-order valence-electron chi connectivity index (χ3n) is 6.64. The smallest absolute Gasteiger partial charge is 0.416 e. The van der Waals surface area contributed by atoms with Crippen LogP contribution in [0, 0.1) is 5.92 Å². The van der Waals surface area contributed by atoms with Crippen LogP contribution in [0.5, 0.6) is 11.5 Å². The monoisotopic (exact) mass is 490 g/mol. The van der Waals surface area contributed by atoms with E-state index < -0.39 is 11.7 Å². The van der Waals surface area contributed by atoms with Crippen LogP contribution in [0.4, 0.5) is 13.2 Å². The van der Waals surface area contributed by atoms with Crippen molar-refractivity contribution < 1.29 is 32.2 Å². The molecule has 0 radical (unpaired) electrons. The summed E-state index contributed by atoms with van der Waals surface area (Å²) in [6, 6.07) is 10.0. The standard InChI is InChI=1S/C26H29F3N2O4/c1-25(2,20-7-8-21-22(15-20)35-14-13-34-21)16-30-23(32)17-9-11-31(12-10-17)24(33)18-3-5-19(6-4-18)26(27,28)29/h3-8,15,17H,9-14,16H2,1-2H3,(H,30,32). The predicted molar refractivity (Wildman–Crippen MR) is 124 cm³/mol. The molecular formula is C26H29F3N2O4. The molecule has 0 bridgehead atoms. The molecule has 1 fully saturated rings. The van der Waals surface area contributed by atoms with Crippen molar-refractivity contribution in [2.75, 3.05) is 32.8 Å². The highest BCUT2D eigenvalue weighted by atomic mass is 19.4. The molecule has 0 spiro atoms. The molecule has 6 nitrogen and oxygen atoms in total. The van der Waals surface area contributed by atoms with Crippen molar-refractivity contribution in [3.05, 3.63) is 59.2 Å². The van der Waals surface area contributed by atoms with E-state index in [9.17, 15) is 22.8 Å². The zero-order valence-corrected chi connectivity index (χ0v) is 19.8. The minimum Gasteiger partial charge on any atom is -0.486 e. The number of piperidine rings is 1. The van der Waals surface area contributed by atoms with Crippen LogP contribution in [0.25, 0.3) is 0 Å². The number of benzene rings is 2. The Balaban J connectivity index is 1.28. The minimum atomic E-state index is -4.44. The Kier molecular flexibility index (Phi) is 6.96. The van der Waals surface area contributed by atoms with Crippen molar-refractivity contribution in [2.45, 2.75) is 38.3 Å². The van der Waals surface area contributed by atoms with Gasteiger partial charge in [0.25, 0.3) is 5.91 Å². The van der Waals surface area contributed by atoms with Gasteiger partial charge in [0.2, 0.25) is 5.91 Å². The number of hydrogen-bond acceptors (Lipinski definition) is 4. The minimum absolute atomic E-state index is 0.0581. The number of rotatable bonds is 5. The van der Waals surface area contributed by atoms with Gasteiger partial charge in [0.15, 0.2) is 11.5 Å². The molecule has 2 aromatic rings. The van der Waals surface area contributed by atoms with Gasteiger partial charge in [0.05, 0.1) is 5.56 Å². The first-order valence-electron chi connectivity index (χ1n) is 11.7. The molecule has 2 amide bonds. The summed E-state index contributed by atoms with van der Waals surface area (Å²) in [4.78, 5) is 27.1. The second-order valence-corrected chi connectivity index (χ2v) is 9.60. The number of nitrogens with zero attached hydrogens (tertiary/aromatic N) is 1. The van der Waals surface area contributed by atoms with Crippen molar-refractivity contribution in [3.63, 3.8) is 0 Å². The number of carbonyl (C=O) groups is 2. The number of hydrogen-bond donors (Lipinski definition) is 1. The van der Waals surface area contributed by atoms with Crippen molar-refractivity contribution in [1.82, 2.24) is 10.2 Å². The Bertz CT molecular complexity index is 1070. The van der Waals surface area contributed by atoms with E-state index in [0.29, 0.717) is 51.4 Å². The van der Waals surface area contributed by atoms with Crippen LogP contribution in [0.3, 0.4) is 0 Å². The average molecular weight is 491 g/mol. The van der Waals surface area contributed by atoms with Gasteiger partial charge < -0.3 is 19.7 Å². The van der Waals surface area contributed by atoms with Gasteiger partial charge in [0.1, 0.15) is 13.2 Å². The largest absolute Gasteiger partial charge is 0.486 e. The normalized spacial score (nSPS) is 16.7. The Morgan fingerprint density at radius 1 is 0.943 bits per heavy atom.